The predicted molar refractivity (Wildman–Crippen MR) is 77.6 cm³/mol. The van der Waals surface area contributed by atoms with Crippen LogP contribution in [0.2, 0.25) is 0 Å². The zero-order chi connectivity index (χ0) is 14.5. The molecule has 0 saturated heterocycles. The number of amides is 1. The Labute approximate surface area is 119 Å². The standard InChI is InChI=1S/C15H20N4O/c1-11(2)13-10-19(18-12(13)3)9-8-17-15(20)14-6-4-5-7-16-14/h4-7,10-11H,8-9H2,1-3H3,(H,17,20). The molecule has 0 spiro atoms. The van der Waals surface area contributed by atoms with Crippen LogP contribution in [0.5, 0.6) is 0 Å². The lowest BCUT2D eigenvalue weighted by Crippen LogP contribution is -2.28. The Bertz CT molecular complexity index is 575. The summed E-state index contributed by atoms with van der Waals surface area (Å²) in [6, 6.07) is 5.29. The molecule has 0 saturated carbocycles. The number of aryl methyl sites for hydroxylation is 1. The molecule has 0 fully saturated rings. The first kappa shape index (κ1) is 14.2. The second kappa shape index (κ2) is 6.32. The number of nitrogens with zero attached hydrogens (tertiary/aromatic N) is 3. The van der Waals surface area contributed by atoms with E-state index < -0.39 is 0 Å². The summed E-state index contributed by atoms with van der Waals surface area (Å²) in [5, 5.41) is 7.29. The molecule has 1 N–H and O–H groups in total. The molecular weight excluding hydrogens is 252 g/mol. The van der Waals surface area contributed by atoms with Gasteiger partial charge in [0.2, 0.25) is 0 Å². The summed E-state index contributed by atoms with van der Waals surface area (Å²) >= 11 is 0. The Kier molecular flexibility index (Phi) is 4.50. The van der Waals surface area contributed by atoms with Gasteiger partial charge in [0.1, 0.15) is 5.69 Å². The van der Waals surface area contributed by atoms with Gasteiger partial charge in [-0.25, -0.2) is 0 Å². The lowest BCUT2D eigenvalue weighted by atomic mass is 10.1. The molecule has 0 atom stereocenters. The molecule has 0 unspecified atom stereocenters. The summed E-state index contributed by atoms with van der Waals surface area (Å²) < 4.78 is 1.88. The minimum atomic E-state index is -0.154. The molecule has 1 amide bonds. The van der Waals surface area contributed by atoms with Gasteiger partial charge in [0, 0.05) is 18.9 Å². The summed E-state index contributed by atoms with van der Waals surface area (Å²) in [6.45, 7) is 7.51. The van der Waals surface area contributed by atoms with Gasteiger partial charge in [0.15, 0.2) is 0 Å². The van der Waals surface area contributed by atoms with Gasteiger partial charge in [0.25, 0.3) is 5.91 Å². The first-order chi connectivity index (χ1) is 9.58. The van der Waals surface area contributed by atoms with Crippen molar-refractivity contribution in [1.29, 1.82) is 0 Å². The van der Waals surface area contributed by atoms with Gasteiger partial charge in [-0.1, -0.05) is 19.9 Å². The van der Waals surface area contributed by atoms with Crippen LogP contribution < -0.4 is 5.32 Å². The van der Waals surface area contributed by atoms with Gasteiger partial charge >= 0.3 is 0 Å². The molecular formula is C15H20N4O. The number of carbonyl (C=O) groups excluding carboxylic acids is 1. The van der Waals surface area contributed by atoms with Crippen LogP contribution in [-0.4, -0.2) is 27.2 Å². The molecule has 0 aromatic carbocycles. The smallest absolute Gasteiger partial charge is 0.269 e. The second-order valence-electron chi connectivity index (χ2n) is 5.06. The number of rotatable bonds is 5. The van der Waals surface area contributed by atoms with Gasteiger partial charge < -0.3 is 5.32 Å². The highest BCUT2D eigenvalue weighted by Gasteiger charge is 2.09. The fraction of sp³-hybridized carbons (Fsp3) is 0.400. The Morgan fingerprint density at radius 3 is 2.80 bits per heavy atom. The maximum absolute atomic E-state index is 11.8. The molecule has 0 radical (unpaired) electrons. The van der Waals surface area contributed by atoms with Crippen LogP contribution >= 0.6 is 0 Å². The molecule has 2 heterocycles. The van der Waals surface area contributed by atoms with Crippen LogP contribution in [0.15, 0.2) is 30.6 Å². The molecule has 2 aromatic rings. The Morgan fingerprint density at radius 1 is 1.40 bits per heavy atom. The highest BCUT2D eigenvalue weighted by molar-refractivity contribution is 5.92. The zero-order valence-corrected chi connectivity index (χ0v) is 12.1. The molecule has 2 rings (SSSR count). The summed E-state index contributed by atoms with van der Waals surface area (Å²) in [7, 11) is 0. The number of pyridine rings is 1. The Balaban J connectivity index is 1.87. The van der Waals surface area contributed by atoms with Gasteiger partial charge in [-0.15, -0.1) is 0 Å². The van der Waals surface area contributed by atoms with Gasteiger partial charge in [-0.3, -0.25) is 14.5 Å². The Morgan fingerprint density at radius 2 is 2.20 bits per heavy atom. The average molecular weight is 272 g/mol. The van der Waals surface area contributed by atoms with E-state index in [4.69, 9.17) is 0 Å². The van der Waals surface area contributed by atoms with E-state index in [1.54, 1.807) is 24.4 Å². The van der Waals surface area contributed by atoms with E-state index in [9.17, 15) is 4.79 Å². The minimum absolute atomic E-state index is 0.154. The fourth-order valence-electron chi connectivity index (χ4n) is 2.09. The minimum Gasteiger partial charge on any atom is -0.349 e. The third kappa shape index (κ3) is 3.44. The van der Waals surface area contributed by atoms with Gasteiger partial charge in [-0.2, -0.15) is 5.10 Å². The molecule has 0 aliphatic heterocycles. The first-order valence-electron chi connectivity index (χ1n) is 6.81. The molecule has 0 bridgehead atoms. The molecule has 5 nitrogen and oxygen atoms in total. The van der Waals surface area contributed by atoms with Crippen LogP contribution in [-0.2, 0) is 6.54 Å². The number of nitrogens with one attached hydrogen (secondary N) is 1. The maximum atomic E-state index is 11.8. The largest absolute Gasteiger partial charge is 0.349 e. The molecule has 20 heavy (non-hydrogen) atoms. The quantitative estimate of drug-likeness (QED) is 0.907. The SMILES string of the molecule is Cc1nn(CCNC(=O)c2ccccn2)cc1C(C)C. The summed E-state index contributed by atoms with van der Waals surface area (Å²) in [6.07, 6.45) is 3.66. The Hall–Kier alpha value is -2.17. The number of aromatic nitrogens is 3. The number of carbonyl (C=O) groups is 1. The summed E-state index contributed by atoms with van der Waals surface area (Å²) in [5.74, 6) is 0.311. The van der Waals surface area contributed by atoms with E-state index in [2.05, 4.69) is 29.2 Å². The molecule has 2 aromatic heterocycles. The number of hydrogen-bond acceptors (Lipinski definition) is 3. The van der Waals surface area contributed by atoms with Crippen molar-refractivity contribution in [2.24, 2.45) is 0 Å². The monoisotopic (exact) mass is 272 g/mol. The van der Waals surface area contributed by atoms with Crippen molar-refractivity contribution in [3.63, 3.8) is 0 Å². The van der Waals surface area contributed by atoms with Crippen molar-refractivity contribution in [3.05, 3.63) is 47.5 Å². The second-order valence-corrected chi connectivity index (χ2v) is 5.06. The van der Waals surface area contributed by atoms with E-state index >= 15 is 0 Å². The third-order valence-corrected chi connectivity index (χ3v) is 3.13. The third-order valence-electron chi connectivity index (χ3n) is 3.13. The molecule has 0 aliphatic rings. The molecule has 5 heteroatoms. The van der Waals surface area contributed by atoms with E-state index in [0.717, 1.165) is 5.69 Å². The van der Waals surface area contributed by atoms with E-state index in [1.807, 2.05) is 17.8 Å². The van der Waals surface area contributed by atoms with Crippen molar-refractivity contribution in [2.75, 3.05) is 6.54 Å². The average Bonchev–Trinajstić information content (AvgIpc) is 2.81. The van der Waals surface area contributed by atoms with Gasteiger partial charge in [0.05, 0.1) is 12.2 Å². The van der Waals surface area contributed by atoms with Crippen molar-refractivity contribution < 1.29 is 4.79 Å². The predicted octanol–water partition coefficient (Wildman–Crippen LogP) is 2.14. The van der Waals surface area contributed by atoms with E-state index in [-0.39, 0.29) is 5.91 Å². The zero-order valence-electron chi connectivity index (χ0n) is 12.1. The summed E-state index contributed by atoms with van der Waals surface area (Å²) in [4.78, 5) is 15.8. The highest BCUT2D eigenvalue weighted by atomic mass is 16.1. The number of hydrogen-bond donors (Lipinski definition) is 1. The molecule has 0 aliphatic carbocycles. The van der Waals surface area contributed by atoms with Crippen molar-refractivity contribution >= 4 is 5.91 Å². The summed E-state index contributed by atoms with van der Waals surface area (Å²) in [5.41, 5.74) is 2.74. The highest BCUT2D eigenvalue weighted by Crippen LogP contribution is 2.16. The lowest BCUT2D eigenvalue weighted by molar-refractivity contribution is 0.0947. The normalized spacial score (nSPS) is 10.8. The van der Waals surface area contributed by atoms with Crippen LogP contribution in [0.3, 0.4) is 0 Å². The molecule has 106 valence electrons. The van der Waals surface area contributed by atoms with Crippen molar-refractivity contribution in [1.82, 2.24) is 20.1 Å². The van der Waals surface area contributed by atoms with Crippen LogP contribution in [0.25, 0.3) is 0 Å². The topological polar surface area (TPSA) is 59.8 Å². The van der Waals surface area contributed by atoms with Crippen LogP contribution in [0.4, 0.5) is 0 Å². The van der Waals surface area contributed by atoms with E-state index in [1.165, 1.54) is 5.56 Å². The van der Waals surface area contributed by atoms with E-state index in [0.29, 0.717) is 24.7 Å². The first-order valence-corrected chi connectivity index (χ1v) is 6.81. The van der Waals surface area contributed by atoms with Crippen LogP contribution in [0.1, 0.15) is 41.5 Å². The van der Waals surface area contributed by atoms with Crippen LogP contribution in [0, 0.1) is 6.92 Å². The van der Waals surface area contributed by atoms with Crippen molar-refractivity contribution in [3.8, 4) is 0 Å². The lowest BCUT2D eigenvalue weighted by Gasteiger charge is -2.04. The maximum Gasteiger partial charge on any atom is 0.269 e. The van der Waals surface area contributed by atoms with Crippen molar-refractivity contribution in [2.45, 2.75) is 33.2 Å². The van der Waals surface area contributed by atoms with Gasteiger partial charge in [-0.05, 0) is 30.5 Å². The fourth-order valence-corrected chi connectivity index (χ4v) is 2.09.